The molecule has 24 heavy (non-hydrogen) atoms. The van der Waals surface area contributed by atoms with E-state index in [9.17, 15) is 9.90 Å². The number of hydrogen-bond donors (Lipinski definition) is 2. The molecule has 0 spiro atoms. The van der Waals surface area contributed by atoms with Gasteiger partial charge in [0.05, 0.1) is 3.57 Å². The van der Waals surface area contributed by atoms with Gasteiger partial charge in [0.1, 0.15) is 5.75 Å². The van der Waals surface area contributed by atoms with Crippen LogP contribution in [-0.4, -0.2) is 16.9 Å². The van der Waals surface area contributed by atoms with E-state index >= 15 is 0 Å². The third kappa shape index (κ3) is 3.98. The van der Waals surface area contributed by atoms with Crippen LogP contribution in [0.2, 0.25) is 0 Å². The molecule has 0 fully saturated rings. The maximum atomic E-state index is 12.6. The zero-order valence-electron chi connectivity index (χ0n) is 13.5. The fourth-order valence-electron chi connectivity index (χ4n) is 3.43. The average molecular weight is 435 g/mol. The normalized spacial score (nSPS) is 18.2. The summed E-state index contributed by atoms with van der Waals surface area (Å²) in [7, 11) is 0. The molecule has 3 N–H and O–H groups in total. The molecule has 0 bridgehead atoms. The van der Waals surface area contributed by atoms with E-state index in [1.165, 1.54) is 11.1 Å². The highest BCUT2D eigenvalue weighted by atomic mass is 127. The molecule has 2 aromatic rings. The van der Waals surface area contributed by atoms with Gasteiger partial charge in [0.15, 0.2) is 5.78 Å². The molecule has 3 nitrogen and oxygen atoms in total. The highest BCUT2D eigenvalue weighted by Crippen LogP contribution is 2.29. The fraction of sp³-hybridized carbons (Fsp3) is 0.350. The maximum Gasteiger partial charge on any atom is 0.166 e. The van der Waals surface area contributed by atoms with Gasteiger partial charge in [0.25, 0.3) is 0 Å². The zero-order chi connectivity index (χ0) is 17.1. The molecular weight excluding hydrogens is 413 g/mol. The first-order chi connectivity index (χ1) is 11.5. The Morgan fingerprint density at radius 3 is 2.83 bits per heavy atom. The third-order valence-corrected chi connectivity index (χ3v) is 5.68. The predicted octanol–water partition coefficient (Wildman–Crippen LogP) is 4.09. The van der Waals surface area contributed by atoms with E-state index in [4.69, 9.17) is 5.73 Å². The molecule has 0 aromatic heterocycles. The van der Waals surface area contributed by atoms with Gasteiger partial charge in [-0.1, -0.05) is 30.3 Å². The Morgan fingerprint density at radius 2 is 2.04 bits per heavy atom. The van der Waals surface area contributed by atoms with Gasteiger partial charge in [-0.2, -0.15) is 0 Å². The first-order valence-corrected chi connectivity index (χ1v) is 9.47. The average Bonchev–Trinajstić information content (AvgIpc) is 2.59. The second-order valence-corrected chi connectivity index (χ2v) is 7.74. The molecule has 1 aliphatic carbocycles. The van der Waals surface area contributed by atoms with Crippen molar-refractivity contribution in [3.05, 3.63) is 62.7 Å². The van der Waals surface area contributed by atoms with Crippen molar-refractivity contribution in [3.63, 3.8) is 0 Å². The van der Waals surface area contributed by atoms with E-state index < -0.39 is 0 Å². The Kier molecular flexibility index (Phi) is 5.56. The van der Waals surface area contributed by atoms with Crippen LogP contribution in [0.1, 0.15) is 40.7 Å². The molecule has 0 radical (unpaired) electrons. The van der Waals surface area contributed by atoms with Crippen molar-refractivity contribution in [1.29, 1.82) is 0 Å². The minimum absolute atomic E-state index is 0.0238. The lowest BCUT2D eigenvalue weighted by molar-refractivity contribution is 0.0888. The Bertz CT molecular complexity index is 744. The number of Topliss-reactive ketones (excluding diaryl/α,β-unsaturated/α-hetero) is 1. The summed E-state index contributed by atoms with van der Waals surface area (Å²) in [5.74, 6) is 0.622. The van der Waals surface area contributed by atoms with Gasteiger partial charge in [-0.05, 0) is 78.0 Å². The molecule has 3 rings (SSSR count). The Balaban J connectivity index is 1.56. The molecule has 0 saturated carbocycles. The molecular formula is C20H22INO2. The van der Waals surface area contributed by atoms with E-state index in [0.717, 1.165) is 41.2 Å². The summed E-state index contributed by atoms with van der Waals surface area (Å²) in [4.78, 5) is 12.6. The number of rotatable bonds is 5. The van der Waals surface area contributed by atoms with Crippen LogP contribution in [-0.2, 0) is 12.8 Å². The van der Waals surface area contributed by atoms with E-state index in [1.54, 1.807) is 6.07 Å². The summed E-state index contributed by atoms with van der Waals surface area (Å²) in [6, 6.07) is 13.6. The monoisotopic (exact) mass is 435 g/mol. The number of aromatic hydroxyl groups is 1. The van der Waals surface area contributed by atoms with Crippen molar-refractivity contribution in [2.24, 2.45) is 11.7 Å². The van der Waals surface area contributed by atoms with Crippen LogP contribution in [0.4, 0.5) is 0 Å². The molecule has 4 heteroatoms. The third-order valence-electron chi connectivity index (χ3n) is 4.82. The summed E-state index contributed by atoms with van der Waals surface area (Å²) in [5.41, 5.74) is 9.53. The lowest BCUT2D eigenvalue weighted by Gasteiger charge is -2.25. The summed E-state index contributed by atoms with van der Waals surface area (Å²) in [6.07, 6.45) is 4.35. The number of nitrogens with two attached hydrogens (primary N) is 1. The maximum absolute atomic E-state index is 12.6. The Morgan fingerprint density at radius 1 is 1.25 bits per heavy atom. The number of phenols is 1. The molecule has 126 valence electrons. The lowest BCUT2D eigenvalue weighted by Crippen LogP contribution is -2.31. The first-order valence-electron chi connectivity index (χ1n) is 8.39. The number of ketones is 1. The number of halogens is 1. The first kappa shape index (κ1) is 17.4. The van der Waals surface area contributed by atoms with Crippen LogP contribution >= 0.6 is 22.6 Å². The van der Waals surface area contributed by atoms with Gasteiger partial charge < -0.3 is 10.8 Å². The van der Waals surface area contributed by atoms with Crippen molar-refractivity contribution >= 4 is 28.4 Å². The fourth-order valence-corrected chi connectivity index (χ4v) is 4.01. The van der Waals surface area contributed by atoms with Crippen LogP contribution < -0.4 is 5.73 Å². The van der Waals surface area contributed by atoms with Gasteiger partial charge in [-0.3, -0.25) is 4.79 Å². The van der Waals surface area contributed by atoms with Crippen LogP contribution in [0, 0.1) is 9.49 Å². The van der Waals surface area contributed by atoms with Crippen molar-refractivity contribution < 1.29 is 9.90 Å². The molecule has 2 aromatic carbocycles. The van der Waals surface area contributed by atoms with Gasteiger partial charge in [0.2, 0.25) is 0 Å². The summed E-state index contributed by atoms with van der Waals surface area (Å²) < 4.78 is 0.859. The van der Waals surface area contributed by atoms with Crippen LogP contribution in [0.5, 0.6) is 5.75 Å². The molecule has 2 atom stereocenters. The number of hydrogen-bond acceptors (Lipinski definition) is 3. The van der Waals surface area contributed by atoms with Crippen molar-refractivity contribution in [2.75, 3.05) is 0 Å². The van der Waals surface area contributed by atoms with E-state index in [1.807, 2.05) is 30.3 Å². The van der Waals surface area contributed by atoms with Crippen LogP contribution in [0.15, 0.2) is 42.5 Å². The van der Waals surface area contributed by atoms with Gasteiger partial charge in [-0.15, -0.1) is 0 Å². The Labute approximate surface area is 156 Å². The number of benzene rings is 2. The summed E-state index contributed by atoms with van der Waals surface area (Å²) in [5, 5.41) is 9.58. The molecule has 0 amide bonds. The number of fused-ring (bicyclic) bond motifs is 1. The van der Waals surface area contributed by atoms with Crippen LogP contribution in [0.3, 0.4) is 0 Å². The quantitative estimate of drug-likeness (QED) is 0.696. The highest BCUT2D eigenvalue weighted by Gasteiger charge is 2.28. The minimum atomic E-state index is 0.0238. The molecule has 2 unspecified atom stereocenters. The van der Waals surface area contributed by atoms with E-state index in [2.05, 4.69) is 28.7 Å². The second-order valence-electron chi connectivity index (χ2n) is 6.58. The van der Waals surface area contributed by atoms with E-state index in [-0.39, 0.29) is 17.7 Å². The van der Waals surface area contributed by atoms with Crippen molar-refractivity contribution in [3.8, 4) is 5.75 Å². The lowest BCUT2D eigenvalue weighted by atomic mass is 9.79. The predicted molar refractivity (Wildman–Crippen MR) is 104 cm³/mol. The summed E-state index contributed by atoms with van der Waals surface area (Å²) >= 11 is 2.13. The minimum Gasteiger partial charge on any atom is -0.507 e. The number of carbonyl (C=O) groups is 1. The second kappa shape index (κ2) is 7.66. The number of phenolic OH excluding ortho intramolecular Hbond substituents is 1. The standard InChI is InChI=1S/C20H22INO2/c21-18-11-13(6-10-19(18)23)5-9-16(22)12-15-8-7-14-3-1-2-4-17(14)20(15)24/h1-4,6,10-11,15-16,23H,5,7-9,12,22H2. The SMILES string of the molecule is NC(CCc1ccc(O)c(I)c1)CC1CCc2ccccc2C1=O. The largest absolute Gasteiger partial charge is 0.507 e. The highest BCUT2D eigenvalue weighted by molar-refractivity contribution is 14.1. The van der Waals surface area contributed by atoms with Crippen LogP contribution in [0.25, 0.3) is 0 Å². The summed E-state index contributed by atoms with van der Waals surface area (Å²) in [6.45, 7) is 0. The Hall–Kier alpha value is -1.40. The smallest absolute Gasteiger partial charge is 0.166 e. The van der Waals surface area contributed by atoms with Crippen molar-refractivity contribution in [1.82, 2.24) is 0 Å². The van der Waals surface area contributed by atoms with Gasteiger partial charge in [-0.25, -0.2) is 0 Å². The molecule has 0 aliphatic heterocycles. The topological polar surface area (TPSA) is 63.3 Å². The van der Waals surface area contributed by atoms with E-state index in [0.29, 0.717) is 5.75 Å². The van der Waals surface area contributed by atoms with Gasteiger partial charge >= 0.3 is 0 Å². The van der Waals surface area contributed by atoms with Gasteiger partial charge in [0, 0.05) is 17.5 Å². The molecule has 0 heterocycles. The molecule has 0 saturated heterocycles. The number of aryl methyl sites for hydroxylation is 2. The number of carbonyl (C=O) groups excluding carboxylic acids is 1. The zero-order valence-corrected chi connectivity index (χ0v) is 15.7. The van der Waals surface area contributed by atoms with Crippen molar-refractivity contribution in [2.45, 2.75) is 38.1 Å². The molecule has 1 aliphatic rings.